The van der Waals surface area contributed by atoms with E-state index in [1.54, 1.807) is 16.7 Å². The lowest BCUT2D eigenvalue weighted by atomic mass is 10.1. The molecule has 1 atom stereocenters. The number of imidazole rings is 1. The minimum atomic E-state index is -4.38. The lowest BCUT2D eigenvalue weighted by molar-refractivity contribution is -0.389. The molecule has 1 fully saturated rings. The third-order valence-electron chi connectivity index (χ3n) is 7.40. The Hall–Kier alpha value is -4.52. The number of ether oxygens (including phenoxy) is 2. The van der Waals surface area contributed by atoms with E-state index in [4.69, 9.17) is 13.9 Å². The first-order chi connectivity index (χ1) is 20.2. The van der Waals surface area contributed by atoms with Gasteiger partial charge in [0, 0.05) is 61.7 Å². The SMILES string of the molecule is O=[N+]([O-])c1cn2c(n1)OC(COc1ccc(N3CCN(C/C=C/c4cc5cc(C(F)(F)F)ccc5o4)CC3)cc1)CC2. The maximum Gasteiger partial charge on any atom is 0.416 e. The molecule has 0 aliphatic carbocycles. The van der Waals surface area contributed by atoms with Crippen LogP contribution < -0.4 is 14.4 Å². The summed E-state index contributed by atoms with van der Waals surface area (Å²) < 4.78 is 57.8. The van der Waals surface area contributed by atoms with E-state index in [0.717, 1.165) is 44.0 Å². The van der Waals surface area contributed by atoms with Crippen molar-refractivity contribution in [3.63, 3.8) is 0 Å². The van der Waals surface area contributed by atoms with E-state index in [2.05, 4.69) is 14.8 Å². The zero-order valence-electron chi connectivity index (χ0n) is 22.5. The average molecular weight is 584 g/mol. The summed E-state index contributed by atoms with van der Waals surface area (Å²) in [5.41, 5.74) is 0.837. The Morgan fingerprint density at radius 1 is 1.07 bits per heavy atom. The predicted molar refractivity (Wildman–Crippen MR) is 149 cm³/mol. The Kier molecular flexibility index (Phi) is 7.50. The van der Waals surface area contributed by atoms with E-state index in [-0.39, 0.29) is 17.9 Å². The van der Waals surface area contributed by atoms with Crippen LogP contribution in [0.5, 0.6) is 11.8 Å². The van der Waals surface area contributed by atoms with Crippen molar-refractivity contribution in [1.29, 1.82) is 0 Å². The second-order valence-corrected chi connectivity index (χ2v) is 10.3. The van der Waals surface area contributed by atoms with Crippen LogP contribution in [-0.2, 0) is 12.7 Å². The average Bonchev–Trinajstić information content (AvgIpc) is 3.60. The molecule has 2 aliphatic heterocycles. The van der Waals surface area contributed by atoms with Gasteiger partial charge in [-0.1, -0.05) is 6.08 Å². The molecule has 2 aromatic carbocycles. The maximum absolute atomic E-state index is 13.0. The highest BCUT2D eigenvalue weighted by molar-refractivity contribution is 5.80. The number of furan rings is 1. The van der Waals surface area contributed by atoms with Crippen LogP contribution in [0.25, 0.3) is 17.0 Å². The van der Waals surface area contributed by atoms with Crippen molar-refractivity contribution in [1.82, 2.24) is 14.5 Å². The summed E-state index contributed by atoms with van der Waals surface area (Å²) >= 11 is 0. The van der Waals surface area contributed by atoms with Crippen molar-refractivity contribution in [2.75, 3.05) is 44.2 Å². The van der Waals surface area contributed by atoms with Gasteiger partial charge < -0.3 is 28.9 Å². The van der Waals surface area contributed by atoms with Gasteiger partial charge in [-0.2, -0.15) is 13.2 Å². The Morgan fingerprint density at radius 2 is 1.86 bits per heavy atom. The lowest BCUT2D eigenvalue weighted by Gasteiger charge is -2.35. The van der Waals surface area contributed by atoms with Crippen molar-refractivity contribution in [2.24, 2.45) is 0 Å². The molecular formula is C29H28F3N5O5. The Bertz CT molecular complexity index is 1590. The van der Waals surface area contributed by atoms with Crippen molar-refractivity contribution in [2.45, 2.75) is 25.2 Å². The maximum atomic E-state index is 13.0. The largest absolute Gasteiger partial charge is 0.490 e. The number of hydrogen-bond donors (Lipinski definition) is 0. The number of benzene rings is 2. The highest BCUT2D eigenvalue weighted by Crippen LogP contribution is 2.32. The molecule has 220 valence electrons. The van der Waals surface area contributed by atoms with Crippen LogP contribution in [-0.4, -0.2) is 64.8 Å². The number of aryl methyl sites for hydroxylation is 1. The fraction of sp³-hybridized carbons (Fsp3) is 0.345. The number of nitrogens with zero attached hydrogens (tertiary/aromatic N) is 5. The van der Waals surface area contributed by atoms with Crippen LogP contribution in [0, 0.1) is 10.1 Å². The van der Waals surface area contributed by atoms with Crippen LogP contribution >= 0.6 is 0 Å². The summed E-state index contributed by atoms with van der Waals surface area (Å²) in [6.45, 7) is 5.05. The third-order valence-corrected chi connectivity index (χ3v) is 7.40. The van der Waals surface area contributed by atoms with Gasteiger partial charge in [0.1, 0.15) is 36.0 Å². The number of piperazine rings is 1. The number of anilines is 1. The van der Waals surface area contributed by atoms with E-state index in [1.807, 2.05) is 30.3 Å². The van der Waals surface area contributed by atoms with Gasteiger partial charge in [0.25, 0.3) is 0 Å². The highest BCUT2D eigenvalue weighted by Gasteiger charge is 2.31. The predicted octanol–water partition coefficient (Wildman–Crippen LogP) is 5.62. The summed E-state index contributed by atoms with van der Waals surface area (Å²) in [7, 11) is 0. The summed E-state index contributed by atoms with van der Waals surface area (Å²) in [6.07, 6.45) is 1.19. The Balaban J connectivity index is 0.949. The van der Waals surface area contributed by atoms with Gasteiger partial charge in [0.2, 0.25) is 0 Å². The number of nitro groups is 1. The highest BCUT2D eigenvalue weighted by atomic mass is 19.4. The molecule has 0 bridgehead atoms. The molecule has 4 aromatic rings. The molecule has 1 unspecified atom stereocenters. The molecular weight excluding hydrogens is 555 g/mol. The summed E-state index contributed by atoms with van der Waals surface area (Å²) in [4.78, 5) is 18.9. The molecule has 2 aliphatic rings. The van der Waals surface area contributed by atoms with Crippen LogP contribution in [0.4, 0.5) is 24.7 Å². The summed E-state index contributed by atoms with van der Waals surface area (Å²) in [5.74, 6) is 1.01. The second-order valence-electron chi connectivity index (χ2n) is 10.3. The molecule has 4 heterocycles. The molecule has 0 radical (unpaired) electrons. The molecule has 10 nitrogen and oxygen atoms in total. The van der Waals surface area contributed by atoms with E-state index in [1.165, 1.54) is 12.3 Å². The van der Waals surface area contributed by atoms with Gasteiger partial charge in [-0.25, -0.2) is 0 Å². The molecule has 0 spiro atoms. The van der Waals surface area contributed by atoms with E-state index in [9.17, 15) is 23.3 Å². The number of alkyl halides is 3. The van der Waals surface area contributed by atoms with Gasteiger partial charge in [-0.05, 0) is 59.5 Å². The Labute approximate surface area is 238 Å². The van der Waals surface area contributed by atoms with Crippen molar-refractivity contribution in [3.05, 3.63) is 82.2 Å². The van der Waals surface area contributed by atoms with Crippen molar-refractivity contribution in [3.8, 4) is 11.8 Å². The standard InChI is InChI=1S/C29H28F3N5O5/c30-29(31,32)21-3-8-26-20(16-21)17-24(41-26)2-1-10-34-12-14-35(15-13-34)22-4-6-23(7-5-22)40-19-25-9-11-36-18-27(37(38)39)33-28(36)42-25/h1-8,16-18,25H,9-15,19H2/b2-1+. The van der Waals surface area contributed by atoms with Crippen molar-refractivity contribution >= 4 is 28.6 Å². The minimum Gasteiger partial charge on any atom is -0.490 e. The van der Waals surface area contributed by atoms with E-state index < -0.39 is 16.7 Å². The van der Waals surface area contributed by atoms with Gasteiger partial charge in [-0.3, -0.25) is 9.47 Å². The first-order valence-corrected chi connectivity index (χ1v) is 13.6. The quantitative estimate of drug-likeness (QED) is 0.195. The third kappa shape index (κ3) is 6.20. The van der Waals surface area contributed by atoms with Gasteiger partial charge in [0.15, 0.2) is 0 Å². The molecule has 0 saturated carbocycles. The number of aromatic nitrogens is 2. The first kappa shape index (κ1) is 27.6. The fourth-order valence-electron chi connectivity index (χ4n) is 5.11. The van der Waals surface area contributed by atoms with Crippen LogP contribution in [0.1, 0.15) is 17.7 Å². The number of halogens is 3. The second kappa shape index (κ2) is 11.4. The molecule has 0 N–H and O–H groups in total. The lowest BCUT2D eigenvalue weighted by Crippen LogP contribution is -2.46. The molecule has 6 rings (SSSR count). The van der Waals surface area contributed by atoms with Crippen LogP contribution in [0.2, 0.25) is 0 Å². The molecule has 0 amide bonds. The van der Waals surface area contributed by atoms with E-state index in [0.29, 0.717) is 48.6 Å². The van der Waals surface area contributed by atoms with Crippen LogP contribution in [0.3, 0.4) is 0 Å². The van der Waals surface area contributed by atoms with Gasteiger partial charge in [0.05, 0.1) is 5.56 Å². The summed E-state index contributed by atoms with van der Waals surface area (Å²) in [5, 5.41) is 11.4. The normalized spacial score (nSPS) is 17.9. The monoisotopic (exact) mass is 583 g/mol. The molecule has 13 heteroatoms. The molecule has 2 aromatic heterocycles. The number of rotatable bonds is 8. The van der Waals surface area contributed by atoms with Gasteiger partial charge >= 0.3 is 18.0 Å². The zero-order chi connectivity index (χ0) is 29.3. The molecule has 1 saturated heterocycles. The summed E-state index contributed by atoms with van der Waals surface area (Å²) in [6, 6.07) is 13.2. The van der Waals surface area contributed by atoms with E-state index >= 15 is 0 Å². The topological polar surface area (TPSA) is 99.0 Å². The number of hydrogen-bond acceptors (Lipinski definition) is 8. The number of fused-ring (bicyclic) bond motifs is 2. The smallest absolute Gasteiger partial charge is 0.416 e. The fourth-order valence-corrected chi connectivity index (χ4v) is 5.11. The first-order valence-electron chi connectivity index (χ1n) is 13.6. The van der Waals surface area contributed by atoms with Crippen LogP contribution in [0.15, 0.2) is 65.2 Å². The minimum absolute atomic E-state index is 0.226. The van der Waals surface area contributed by atoms with Gasteiger partial charge in [-0.15, -0.1) is 0 Å². The molecule has 42 heavy (non-hydrogen) atoms. The Morgan fingerprint density at radius 3 is 2.60 bits per heavy atom. The van der Waals surface area contributed by atoms with Crippen molar-refractivity contribution < 1.29 is 32.0 Å². The zero-order valence-corrected chi connectivity index (χ0v) is 22.5.